The van der Waals surface area contributed by atoms with Gasteiger partial charge in [-0.25, -0.2) is 22.7 Å². The molecule has 0 saturated heterocycles. The van der Waals surface area contributed by atoms with Crippen LogP contribution in [0.4, 0.5) is 4.79 Å². The largest absolute Gasteiger partial charge is 0.464 e. The number of hydrogen-bond donors (Lipinski definition) is 2. The minimum absolute atomic E-state index is 0.161. The number of hydrogen-bond acceptors (Lipinski definition) is 5. The summed E-state index contributed by atoms with van der Waals surface area (Å²) >= 11 is 5.95. The smallest absolute Gasteiger partial charge is 0.329 e. The van der Waals surface area contributed by atoms with Gasteiger partial charge in [-0.05, 0) is 30.5 Å². The van der Waals surface area contributed by atoms with E-state index >= 15 is 0 Å². The summed E-state index contributed by atoms with van der Waals surface area (Å²) in [6.45, 7) is 5.41. The third-order valence-electron chi connectivity index (χ3n) is 3.61. The topological polar surface area (TPSA) is 102 Å². The first-order valence-corrected chi connectivity index (χ1v) is 10.0. The van der Waals surface area contributed by atoms with Crippen molar-refractivity contribution in [1.82, 2.24) is 10.0 Å². The van der Waals surface area contributed by atoms with Crippen LogP contribution in [0, 0.1) is 5.92 Å². The molecule has 2 amide bonds. The Kier molecular flexibility index (Phi) is 8.60. The van der Waals surface area contributed by atoms with Crippen molar-refractivity contribution in [2.45, 2.75) is 33.2 Å². The molecule has 0 heterocycles. The van der Waals surface area contributed by atoms with E-state index in [1.807, 2.05) is 11.6 Å². The standard InChI is InChI=1S/C17H23ClN2O5S/c1-4-12(3)15(16(21)25-5-2)19-17(22)20-26(23,24)11-10-13-8-6-7-9-14(13)18/h6-12,15H,4-5H2,1-3H3,(H2,19,20,22)/b11-10+. The fourth-order valence-electron chi connectivity index (χ4n) is 2.01. The summed E-state index contributed by atoms with van der Waals surface area (Å²) < 4.78 is 30.8. The van der Waals surface area contributed by atoms with Gasteiger partial charge in [0.15, 0.2) is 0 Å². The van der Waals surface area contributed by atoms with Crippen LogP contribution in [0.2, 0.25) is 5.02 Å². The number of sulfonamides is 1. The van der Waals surface area contributed by atoms with E-state index in [1.54, 1.807) is 38.1 Å². The predicted molar refractivity (Wildman–Crippen MR) is 101 cm³/mol. The second-order valence-corrected chi connectivity index (χ2v) is 7.53. The summed E-state index contributed by atoms with van der Waals surface area (Å²) in [6.07, 6.45) is 1.87. The average Bonchev–Trinajstić information content (AvgIpc) is 2.58. The number of ether oxygens (including phenoxy) is 1. The molecule has 2 atom stereocenters. The van der Waals surface area contributed by atoms with Crippen LogP contribution in [0.1, 0.15) is 32.8 Å². The fraction of sp³-hybridized carbons (Fsp3) is 0.412. The number of benzene rings is 1. The summed E-state index contributed by atoms with van der Waals surface area (Å²) in [5, 5.41) is 3.56. The molecule has 2 unspecified atom stereocenters. The maximum Gasteiger partial charge on any atom is 0.329 e. The summed E-state index contributed by atoms with van der Waals surface area (Å²) in [4.78, 5) is 24.0. The van der Waals surface area contributed by atoms with Crippen LogP contribution in [0.5, 0.6) is 0 Å². The van der Waals surface area contributed by atoms with Gasteiger partial charge in [-0.15, -0.1) is 0 Å². The molecule has 1 rings (SSSR count). The van der Waals surface area contributed by atoms with Gasteiger partial charge in [-0.2, -0.15) is 0 Å². The molecule has 0 radical (unpaired) electrons. The number of carbonyl (C=O) groups excluding carboxylic acids is 2. The molecular weight excluding hydrogens is 380 g/mol. The lowest BCUT2D eigenvalue weighted by atomic mass is 9.99. The van der Waals surface area contributed by atoms with Gasteiger partial charge < -0.3 is 10.1 Å². The lowest BCUT2D eigenvalue weighted by molar-refractivity contribution is -0.146. The third kappa shape index (κ3) is 7.05. The lowest BCUT2D eigenvalue weighted by Gasteiger charge is -2.22. The molecule has 0 aliphatic heterocycles. The zero-order valence-corrected chi connectivity index (χ0v) is 16.4. The highest BCUT2D eigenvalue weighted by Gasteiger charge is 2.28. The number of rotatable bonds is 8. The van der Waals surface area contributed by atoms with E-state index in [9.17, 15) is 18.0 Å². The van der Waals surface area contributed by atoms with E-state index < -0.39 is 28.1 Å². The first kappa shape index (κ1) is 22.0. The first-order chi connectivity index (χ1) is 12.2. The molecule has 0 saturated carbocycles. The maximum atomic E-state index is 12.0. The summed E-state index contributed by atoms with van der Waals surface area (Å²) in [5.74, 6) is -0.831. The molecular formula is C17H23ClN2O5S. The van der Waals surface area contributed by atoms with Crippen LogP contribution >= 0.6 is 11.6 Å². The molecule has 0 bridgehead atoms. The van der Waals surface area contributed by atoms with Crippen LogP contribution in [-0.4, -0.2) is 33.1 Å². The summed E-state index contributed by atoms with van der Waals surface area (Å²) in [6, 6.07) is 4.71. The van der Waals surface area contributed by atoms with Crippen molar-refractivity contribution in [1.29, 1.82) is 0 Å². The maximum absolute atomic E-state index is 12.0. The third-order valence-corrected chi connectivity index (χ3v) is 4.92. The number of esters is 1. The van der Waals surface area contributed by atoms with E-state index in [0.717, 1.165) is 5.41 Å². The van der Waals surface area contributed by atoms with Crippen molar-refractivity contribution in [3.63, 3.8) is 0 Å². The van der Waals surface area contributed by atoms with Crippen molar-refractivity contribution >= 4 is 39.7 Å². The van der Waals surface area contributed by atoms with Gasteiger partial charge in [0.1, 0.15) is 6.04 Å². The van der Waals surface area contributed by atoms with Gasteiger partial charge in [-0.1, -0.05) is 50.1 Å². The number of amides is 2. The van der Waals surface area contributed by atoms with Crippen LogP contribution in [-0.2, 0) is 19.6 Å². The van der Waals surface area contributed by atoms with Gasteiger partial charge >= 0.3 is 12.0 Å². The SMILES string of the molecule is CCOC(=O)C(NC(=O)NS(=O)(=O)/C=C/c1ccccc1Cl)C(C)CC. The molecule has 1 aromatic rings. The Labute approximate surface area is 158 Å². The van der Waals surface area contributed by atoms with Gasteiger partial charge in [-0.3, -0.25) is 0 Å². The minimum Gasteiger partial charge on any atom is -0.464 e. The number of halogens is 1. The van der Waals surface area contributed by atoms with Crippen molar-refractivity contribution in [2.24, 2.45) is 5.92 Å². The summed E-state index contributed by atoms with van der Waals surface area (Å²) in [7, 11) is -4.07. The summed E-state index contributed by atoms with van der Waals surface area (Å²) in [5.41, 5.74) is 0.490. The molecule has 26 heavy (non-hydrogen) atoms. The molecule has 1 aromatic carbocycles. The van der Waals surface area contributed by atoms with E-state index in [0.29, 0.717) is 17.0 Å². The van der Waals surface area contributed by atoms with Crippen molar-refractivity contribution in [3.05, 3.63) is 40.3 Å². The van der Waals surface area contributed by atoms with E-state index in [4.69, 9.17) is 16.3 Å². The normalized spacial score (nSPS) is 13.8. The van der Waals surface area contributed by atoms with E-state index in [1.165, 1.54) is 6.08 Å². The second kappa shape index (κ2) is 10.2. The van der Waals surface area contributed by atoms with Crippen molar-refractivity contribution in [2.75, 3.05) is 6.61 Å². The van der Waals surface area contributed by atoms with Crippen molar-refractivity contribution < 1.29 is 22.7 Å². The number of nitrogens with one attached hydrogen (secondary N) is 2. The van der Waals surface area contributed by atoms with Crippen LogP contribution in [0.25, 0.3) is 6.08 Å². The molecule has 0 spiro atoms. The van der Waals surface area contributed by atoms with Gasteiger partial charge in [0.25, 0.3) is 10.0 Å². The van der Waals surface area contributed by atoms with Crippen molar-refractivity contribution in [3.8, 4) is 0 Å². The van der Waals surface area contributed by atoms with Gasteiger partial charge in [0.2, 0.25) is 0 Å². The van der Waals surface area contributed by atoms with E-state index in [-0.39, 0.29) is 12.5 Å². The molecule has 7 nitrogen and oxygen atoms in total. The molecule has 2 N–H and O–H groups in total. The second-order valence-electron chi connectivity index (χ2n) is 5.56. The monoisotopic (exact) mass is 402 g/mol. The highest BCUT2D eigenvalue weighted by atomic mass is 35.5. The van der Waals surface area contributed by atoms with Crippen LogP contribution in [0.3, 0.4) is 0 Å². The minimum atomic E-state index is -4.07. The highest BCUT2D eigenvalue weighted by molar-refractivity contribution is 7.93. The Hall–Kier alpha value is -2.06. The Morgan fingerprint density at radius 3 is 2.50 bits per heavy atom. The Morgan fingerprint density at radius 2 is 1.92 bits per heavy atom. The molecule has 0 aliphatic rings. The average molecular weight is 403 g/mol. The molecule has 0 fully saturated rings. The molecule has 9 heteroatoms. The molecule has 144 valence electrons. The first-order valence-electron chi connectivity index (χ1n) is 8.12. The van der Waals surface area contributed by atoms with Gasteiger partial charge in [0.05, 0.1) is 12.0 Å². The fourth-order valence-corrected chi connectivity index (χ4v) is 2.92. The Bertz CT molecular complexity index is 764. The molecule has 0 aromatic heterocycles. The highest BCUT2D eigenvalue weighted by Crippen LogP contribution is 2.16. The quantitative estimate of drug-likeness (QED) is 0.651. The number of carbonyl (C=O) groups is 2. The van der Waals surface area contributed by atoms with Crippen LogP contribution in [0.15, 0.2) is 29.7 Å². The van der Waals surface area contributed by atoms with E-state index in [2.05, 4.69) is 5.32 Å². The van der Waals surface area contributed by atoms with Crippen LogP contribution < -0.4 is 10.0 Å². The predicted octanol–water partition coefficient (Wildman–Crippen LogP) is 2.92. The lowest BCUT2D eigenvalue weighted by Crippen LogP contribution is -2.50. The molecule has 0 aliphatic carbocycles. The Balaban J connectivity index is 2.80. The zero-order chi connectivity index (χ0) is 19.7. The number of urea groups is 1. The zero-order valence-electron chi connectivity index (χ0n) is 14.9. The Morgan fingerprint density at radius 1 is 1.27 bits per heavy atom. The van der Waals surface area contributed by atoms with Gasteiger partial charge in [0, 0.05) is 5.02 Å².